The molecule has 0 fully saturated rings. The molecule has 0 unspecified atom stereocenters. The van der Waals surface area contributed by atoms with Gasteiger partial charge in [-0.2, -0.15) is 0 Å². The first-order valence-corrected chi connectivity index (χ1v) is 5.57. The molecule has 0 bridgehead atoms. The van der Waals surface area contributed by atoms with Crippen molar-refractivity contribution in [3.05, 3.63) is 34.5 Å². The maximum Gasteiger partial charge on any atom is 0.164 e. The summed E-state index contributed by atoms with van der Waals surface area (Å²) in [6.45, 7) is 3.36. The molecular weight excluding hydrogens is 238 g/mol. The number of halogens is 1. The molecule has 0 atom stereocenters. The number of fused-ring (bicyclic) bond motifs is 1. The van der Waals surface area contributed by atoms with Crippen molar-refractivity contribution in [3.8, 4) is 5.75 Å². The molecule has 0 radical (unpaired) electrons. The molecule has 0 aliphatic carbocycles. The van der Waals surface area contributed by atoms with Crippen LogP contribution >= 0.6 is 11.6 Å². The molecule has 0 aliphatic heterocycles. The zero-order valence-electron chi connectivity index (χ0n) is 9.87. The van der Waals surface area contributed by atoms with E-state index in [0.717, 1.165) is 5.69 Å². The lowest BCUT2D eigenvalue weighted by Gasteiger charge is -2.10. The molecular formula is C13H12ClNO2. The Hall–Kier alpha value is -1.61. The van der Waals surface area contributed by atoms with Crippen LogP contribution in [0.2, 0.25) is 5.02 Å². The van der Waals surface area contributed by atoms with Gasteiger partial charge in [0.2, 0.25) is 0 Å². The van der Waals surface area contributed by atoms with Crippen LogP contribution in [0.3, 0.4) is 0 Å². The second kappa shape index (κ2) is 4.34. The number of aromatic nitrogens is 1. The predicted molar refractivity (Wildman–Crippen MR) is 68.0 cm³/mol. The summed E-state index contributed by atoms with van der Waals surface area (Å²) < 4.78 is 5.19. The maximum absolute atomic E-state index is 11.7. The molecule has 0 saturated heterocycles. The summed E-state index contributed by atoms with van der Waals surface area (Å²) in [5, 5.41) is 1.18. The number of nitrogens with zero attached hydrogens (tertiary/aromatic N) is 1. The number of hydrogen-bond donors (Lipinski definition) is 0. The summed E-state index contributed by atoms with van der Waals surface area (Å²) in [6, 6.07) is 5.29. The molecule has 1 aromatic heterocycles. The minimum Gasteiger partial charge on any atom is -0.496 e. The molecule has 3 nitrogen and oxygen atoms in total. The van der Waals surface area contributed by atoms with Crippen LogP contribution in [0.5, 0.6) is 5.75 Å². The van der Waals surface area contributed by atoms with E-state index in [1.807, 2.05) is 6.92 Å². The number of benzene rings is 1. The number of rotatable bonds is 2. The van der Waals surface area contributed by atoms with Crippen LogP contribution in [-0.4, -0.2) is 17.9 Å². The second-order valence-corrected chi connectivity index (χ2v) is 4.25. The Kier molecular flexibility index (Phi) is 3.03. The lowest BCUT2D eigenvalue weighted by molar-refractivity contribution is 0.101. The highest BCUT2D eigenvalue weighted by molar-refractivity contribution is 6.37. The van der Waals surface area contributed by atoms with E-state index in [2.05, 4.69) is 4.98 Å². The predicted octanol–water partition coefficient (Wildman–Crippen LogP) is 3.41. The molecule has 4 heteroatoms. The van der Waals surface area contributed by atoms with Gasteiger partial charge in [-0.25, -0.2) is 0 Å². The Morgan fingerprint density at radius 2 is 2.12 bits per heavy atom. The van der Waals surface area contributed by atoms with Crippen LogP contribution in [0, 0.1) is 6.92 Å². The number of ether oxygens (including phenoxy) is 1. The topological polar surface area (TPSA) is 39.2 Å². The Balaban J connectivity index is 2.94. The van der Waals surface area contributed by atoms with E-state index in [4.69, 9.17) is 16.3 Å². The van der Waals surface area contributed by atoms with Crippen LogP contribution in [0.25, 0.3) is 10.9 Å². The number of carbonyl (C=O) groups is 1. The fourth-order valence-corrected chi connectivity index (χ4v) is 2.25. The fraction of sp³-hybridized carbons (Fsp3) is 0.231. The number of carbonyl (C=O) groups excluding carboxylic acids is 1. The first-order valence-electron chi connectivity index (χ1n) is 5.19. The molecule has 0 aliphatic rings. The van der Waals surface area contributed by atoms with Crippen LogP contribution in [0.15, 0.2) is 18.2 Å². The SMILES string of the molecule is COc1ccc2nc(C)cc(Cl)c2c1C(C)=O. The third-order valence-corrected chi connectivity index (χ3v) is 2.89. The molecule has 0 amide bonds. The average Bonchev–Trinajstić information content (AvgIpc) is 2.27. The van der Waals surface area contributed by atoms with Gasteiger partial charge in [0, 0.05) is 11.1 Å². The molecule has 0 N–H and O–H groups in total. The first-order chi connectivity index (χ1) is 8.04. The second-order valence-electron chi connectivity index (χ2n) is 3.84. The van der Waals surface area contributed by atoms with Crippen molar-refractivity contribution in [3.63, 3.8) is 0 Å². The summed E-state index contributed by atoms with van der Waals surface area (Å²) in [7, 11) is 1.53. The standard InChI is InChI=1S/C13H12ClNO2/c1-7-6-9(14)13-10(15-7)4-5-11(17-3)12(13)8(2)16/h4-6H,1-3H3. The van der Waals surface area contributed by atoms with Gasteiger partial charge in [0.15, 0.2) is 5.78 Å². The summed E-state index contributed by atoms with van der Waals surface area (Å²) in [4.78, 5) is 16.1. The molecule has 1 heterocycles. The summed E-state index contributed by atoms with van der Waals surface area (Å²) >= 11 is 6.19. The molecule has 2 rings (SSSR count). The van der Waals surface area contributed by atoms with Gasteiger partial charge in [-0.1, -0.05) is 11.6 Å². The van der Waals surface area contributed by atoms with Gasteiger partial charge in [0.25, 0.3) is 0 Å². The van der Waals surface area contributed by atoms with E-state index in [-0.39, 0.29) is 5.78 Å². The minimum absolute atomic E-state index is 0.0833. The van der Waals surface area contributed by atoms with Crippen molar-refractivity contribution in [1.29, 1.82) is 0 Å². The summed E-state index contributed by atoms with van der Waals surface area (Å²) in [5.41, 5.74) is 2.02. The van der Waals surface area contributed by atoms with Gasteiger partial charge in [-0.3, -0.25) is 9.78 Å². The highest BCUT2D eigenvalue weighted by Crippen LogP contribution is 2.32. The van der Waals surface area contributed by atoms with Crippen molar-refractivity contribution < 1.29 is 9.53 Å². The van der Waals surface area contributed by atoms with E-state index in [0.29, 0.717) is 27.2 Å². The Morgan fingerprint density at radius 1 is 1.41 bits per heavy atom. The highest BCUT2D eigenvalue weighted by Gasteiger charge is 2.16. The number of aryl methyl sites for hydroxylation is 1. The zero-order valence-corrected chi connectivity index (χ0v) is 10.6. The molecule has 0 spiro atoms. The largest absolute Gasteiger partial charge is 0.496 e. The number of hydrogen-bond acceptors (Lipinski definition) is 3. The Bertz CT molecular complexity index is 608. The minimum atomic E-state index is -0.0833. The smallest absolute Gasteiger partial charge is 0.164 e. The molecule has 0 saturated carbocycles. The van der Waals surface area contributed by atoms with Crippen LogP contribution < -0.4 is 4.74 Å². The van der Waals surface area contributed by atoms with E-state index >= 15 is 0 Å². The van der Waals surface area contributed by atoms with Crippen molar-refractivity contribution in [2.45, 2.75) is 13.8 Å². The first kappa shape index (κ1) is 11.9. The fourth-order valence-electron chi connectivity index (χ4n) is 1.90. The van der Waals surface area contributed by atoms with Crippen molar-refractivity contribution in [2.75, 3.05) is 7.11 Å². The highest BCUT2D eigenvalue weighted by atomic mass is 35.5. The lowest BCUT2D eigenvalue weighted by atomic mass is 10.0. The number of ketones is 1. The molecule has 1 aromatic carbocycles. The molecule has 17 heavy (non-hydrogen) atoms. The van der Waals surface area contributed by atoms with Gasteiger partial charge in [-0.15, -0.1) is 0 Å². The van der Waals surface area contributed by atoms with Gasteiger partial charge in [0.1, 0.15) is 5.75 Å². The molecule has 88 valence electrons. The van der Waals surface area contributed by atoms with Crippen LogP contribution in [0.1, 0.15) is 23.0 Å². The van der Waals surface area contributed by atoms with E-state index in [1.54, 1.807) is 18.2 Å². The van der Waals surface area contributed by atoms with Crippen LogP contribution in [-0.2, 0) is 0 Å². The Morgan fingerprint density at radius 3 is 2.71 bits per heavy atom. The quantitative estimate of drug-likeness (QED) is 0.766. The number of methoxy groups -OCH3 is 1. The van der Waals surface area contributed by atoms with Crippen molar-refractivity contribution in [2.24, 2.45) is 0 Å². The third-order valence-electron chi connectivity index (χ3n) is 2.59. The van der Waals surface area contributed by atoms with E-state index in [9.17, 15) is 4.79 Å². The van der Waals surface area contributed by atoms with Gasteiger partial charge in [-0.05, 0) is 32.0 Å². The number of Topliss-reactive ketones (excluding diaryl/α,β-unsaturated/α-hetero) is 1. The van der Waals surface area contributed by atoms with E-state index < -0.39 is 0 Å². The summed E-state index contributed by atoms with van der Waals surface area (Å²) in [6.07, 6.45) is 0. The monoisotopic (exact) mass is 249 g/mol. The van der Waals surface area contributed by atoms with Crippen molar-refractivity contribution in [1.82, 2.24) is 4.98 Å². The summed E-state index contributed by atoms with van der Waals surface area (Å²) in [5.74, 6) is 0.442. The zero-order chi connectivity index (χ0) is 12.6. The van der Waals surface area contributed by atoms with Gasteiger partial charge >= 0.3 is 0 Å². The Labute approximate surface area is 104 Å². The van der Waals surface area contributed by atoms with E-state index in [1.165, 1.54) is 14.0 Å². The van der Waals surface area contributed by atoms with Crippen molar-refractivity contribution >= 4 is 28.3 Å². The number of pyridine rings is 1. The lowest BCUT2D eigenvalue weighted by Crippen LogP contribution is -2.00. The normalized spacial score (nSPS) is 10.6. The average molecular weight is 250 g/mol. The van der Waals surface area contributed by atoms with Crippen LogP contribution in [0.4, 0.5) is 0 Å². The third kappa shape index (κ3) is 1.98. The maximum atomic E-state index is 11.7. The molecule has 2 aromatic rings. The van der Waals surface area contributed by atoms with Gasteiger partial charge in [0.05, 0.1) is 23.2 Å². The van der Waals surface area contributed by atoms with Gasteiger partial charge < -0.3 is 4.74 Å².